The number of hydrogen-bond acceptors (Lipinski definition) is 5. The molecular weight excluding hydrogens is 367 g/mol. The molecule has 1 N–H and O–H groups in total. The molecule has 1 aliphatic heterocycles. The number of benzene rings is 1. The van der Waals surface area contributed by atoms with Gasteiger partial charge in [0.05, 0.1) is 5.02 Å². The van der Waals surface area contributed by atoms with Crippen molar-refractivity contribution in [1.29, 1.82) is 5.26 Å². The van der Waals surface area contributed by atoms with Gasteiger partial charge in [-0.1, -0.05) is 23.2 Å². The highest BCUT2D eigenvalue weighted by Gasteiger charge is 2.57. The number of aromatic nitrogens is 1. The molecule has 0 radical (unpaired) electrons. The monoisotopic (exact) mass is 378 g/mol. The fraction of sp³-hybridized carbons (Fsp3) is 0.312. The van der Waals surface area contributed by atoms with Gasteiger partial charge in [-0.2, -0.15) is 5.26 Å². The van der Waals surface area contributed by atoms with Crippen LogP contribution in [0.1, 0.15) is 10.5 Å². The molecule has 5 nitrogen and oxygen atoms in total. The minimum absolute atomic E-state index is 0.0644. The Hall–Kier alpha value is -1.81. The third-order valence-electron chi connectivity index (χ3n) is 4.60. The molecule has 4 rings (SSSR count). The first-order valence-electron chi connectivity index (χ1n) is 7.43. The van der Waals surface area contributed by atoms with E-state index in [-0.39, 0.29) is 11.9 Å². The lowest BCUT2D eigenvalue weighted by Crippen LogP contribution is -2.34. The standard InChI is InChI=1S/C16H12Cl2N4OS/c17-8-1-2-9(12(18)3-8)15-21-13(6-24-15)16(23)22-4-10-11(5-22)14(10)20-7-19/h1-3,6,10-11,14,20H,4-5H2/t10-,11+,14?. The molecule has 2 aliphatic rings. The average Bonchev–Trinajstić information content (AvgIpc) is 2.98. The number of piperidine rings is 1. The quantitative estimate of drug-likeness (QED) is 0.657. The Balaban J connectivity index is 1.48. The van der Waals surface area contributed by atoms with Gasteiger partial charge in [0.15, 0.2) is 6.19 Å². The third-order valence-corrected chi connectivity index (χ3v) is 6.02. The molecule has 3 atom stereocenters. The van der Waals surface area contributed by atoms with Gasteiger partial charge in [-0.25, -0.2) is 4.98 Å². The van der Waals surface area contributed by atoms with Crippen molar-refractivity contribution in [1.82, 2.24) is 15.2 Å². The number of nitrogens with one attached hydrogen (secondary N) is 1. The van der Waals surface area contributed by atoms with E-state index in [4.69, 9.17) is 28.5 Å². The smallest absolute Gasteiger partial charge is 0.273 e. The van der Waals surface area contributed by atoms with Crippen molar-refractivity contribution in [2.45, 2.75) is 6.04 Å². The lowest BCUT2D eigenvalue weighted by atomic mass is 10.2. The van der Waals surface area contributed by atoms with E-state index in [9.17, 15) is 4.79 Å². The van der Waals surface area contributed by atoms with Crippen LogP contribution in [0.2, 0.25) is 10.0 Å². The van der Waals surface area contributed by atoms with Crippen LogP contribution in [-0.2, 0) is 0 Å². The molecule has 122 valence electrons. The highest BCUT2D eigenvalue weighted by Crippen LogP contribution is 2.45. The Kier molecular flexibility index (Phi) is 3.87. The summed E-state index contributed by atoms with van der Waals surface area (Å²) >= 11 is 13.5. The maximum atomic E-state index is 12.6. The average molecular weight is 379 g/mol. The molecule has 2 fully saturated rings. The maximum Gasteiger partial charge on any atom is 0.273 e. The Bertz CT molecular complexity index is 850. The van der Waals surface area contributed by atoms with Crippen molar-refractivity contribution in [2.75, 3.05) is 13.1 Å². The van der Waals surface area contributed by atoms with Gasteiger partial charge in [0.2, 0.25) is 0 Å². The van der Waals surface area contributed by atoms with Gasteiger partial charge in [0.1, 0.15) is 10.7 Å². The maximum absolute atomic E-state index is 12.6. The molecule has 0 bridgehead atoms. The first-order valence-corrected chi connectivity index (χ1v) is 9.07. The summed E-state index contributed by atoms with van der Waals surface area (Å²) in [6, 6.07) is 5.46. The number of fused-ring (bicyclic) bond motifs is 1. The highest BCUT2D eigenvalue weighted by molar-refractivity contribution is 7.13. The second-order valence-electron chi connectivity index (χ2n) is 5.98. The van der Waals surface area contributed by atoms with Crippen LogP contribution in [0.3, 0.4) is 0 Å². The molecule has 2 aromatic rings. The normalized spacial score (nSPS) is 24.4. The van der Waals surface area contributed by atoms with Gasteiger partial charge in [-0.3, -0.25) is 4.79 Å². The van der Waals surface area contributed by atoms with Gasteiger partial charge < -0.3 is 10.2 Å². The topological polar surface area (TPSA) is 69.0 Å². The fourth-order valence-corrected chi connectivity index (χ4v) is 4.69. The number of nitriles is 1. The van der Waals surface area contributed by atoms with Crippen molar-refractivity contribution in [3.63, 3.8) is 0 Å². The van der Waals surface area contributed by atoms with E-state index in [1.54, 1.807) is 23.6 Å². The number of rotatable bonds is 3. The molecule has 1 aliphatic carbocycles. The lowest BCUT2D eigenvalue weighted by Gasteiger charge is -2.18. The zero-order valence-corrected chi connectivity index (χ0v) is 14.7. The lowest BCUT2D eigenvalue weighted by molar-refractivity contribution is 0.0767. The van der Waals surface area contributed by atoms with Gasteiger partial charge in [0.25, 0.3) is 5.91 Å². The molecule has 1 amide bonds. The van der Waals surface area contributed by atoms with E-state index in [0.717, 1.165) is 5.56 Å². The predicted octanol–water partition coefficient (Wildman–Crippen LogP) is 3.26. The summed E-state index contributed by atoms with van der Waals surface area (Å²) < 4.78 is 0. The van der Waals surface area contributed by atoms with Crippen LogP contribution in [0.5, 0.6) is 0 Å². The number of carbonyl (C=O) groups excluding carboxylic acids is 1. The van der Waals surface area contributed by atoms with Crippen LogP contribution >= 0.6 is 34.5 Å². The zero-order chi connectivity index (χ0) is 16.8. The minimum atomic E-state index is -0.0644. The van der Waals surface area contributed by atoms with E-state index in [2.05, 4.69) is 10.3 Å². The summed E-state index contributed by atoms with van der Waals surface area (Å²) in [7, 11) is 0. The first-order chi connectivity index (χ1) is 11.6. The molecule has 0 spiro atoms. The Morgan fingerprint density at radius 3 is 2.79 bits per heavy atom. The molecule has 1 aromatic carbocycles. The predicted molar refractivity (Wildman–Crippen MR) is 93.0 cm³/mol. The Labute approximate surface area is 152 Å². The SMILES string of the molecule is N#CNC1[C@H]2CN(C(=O)c3csc(-c4ccc(Cl)cc4Cl)n3)C[C@@H]12. The first kappa shape index (κ1) is 15.7. The van der Waals surface area contributed by atoms with Gasteiger partial charge >= 0.3 is 0 Å². The fourth-order valence-electron chi connectivity index (χ4n) is 3.30. The van der Waals surface area contributed by atoms with Gasteiger partial charge in [0, 0.05) is 46.9 Å². The van der Waals surface area contributed by atoms with E-state index < -0.39 is 0 Å². The number of hydrogen-bond donors (Lipinski definition) is 1. The van der Waals surface area contributed by atoms with Crippen LogP contribution in [0.15, 0.2) is 23.6 Å². The Morgan fingerprint density at radius 2 is 2.12 bits per heavy atom. The number of carbonyl (C=O) groups is 1. The van der Waals surface area contributed by atoms with Gasteiger partial charge in [-0.15, -0.1) is 11.3 Å². The molecule has 24 heavy (non-hydrogen) atoms. The number of likely N-dealkylation sites (tertiary alicyclic amines) is 1. The van der Waals surface area contributed by atoms with E-state index in [1.165, 1.54) is 11.3 Å². The van der Waals surface area contributed by atoms with Crippen LogP contribution in [0.4, 0.5) is 0 Å². The van der Waals surface area contributed by atoms with Crippen LogP contribution in [-0.4, -0.2) is 34.9 Å². The van der Waals surface area contributed by atoms with Crippen LogP contribution in [0.25, 0.3) is 10.6 Å². The summed E-state index contributed by atoms with van der Waals surface area (Å²) in [6.45, 7) is 1.36. The number of halogens is 2. The van der Waals surface area contributed by atoms with Crippen molar-refractivity contribution >= 4 is 40.4 Å². The van der Waals surface area contributed by atoms with Crippen molar-refractivity contribution in [3.05, 3.63) is 39.3 Å². The molecule has 8 heteroatoms. The van der Waals surface area contributed by atoms with Crippen LogP contribution in [0, 0.1) is 23.3 Å². The van der Waals surface area contributed by atoms with Crippen molar-refractivity contribution < 1.29 is 4.79 Å². The van der Waals surface area contributed by atoms with Gasteiger partial charge in [-0.05, 0) is 18.2 Å². The largest absolute Gasteiger partial charge is 0.337 e. The summed E-state index contributed by atoms with van der Waals surface area (Å²) in [4.78, 5) is 18.8. The number of thiazole rings is 1. The Morgan fingerprint density at radius 1 is 1.38 bits per heavy atom. The third kappa shape index (κ3) is 2.63. The summed E-state index contributed by atoms with van der Waals surface area (Å²) in [5.74, 6) is 0.709. The molecule has 1 saturated heterocycles. The minimum Gasteiger partial charge on any atom is -0.337 e. The summed E-state index contributed by atoms with van der Waals surface area (Å²) in [6.07, 6.45) is 1.98. The summed E-state index contributed by atoms with van der Waals surface area (Å²) in [5.41, 5.74) is 1.21. The second kappa shape index (κ2) is 5.92. The van der Waals surface area contributed by atoms with Crippen LogP contribution < -0.4 is 5.32 Å². The highest BCUT2D eigenvalue weighted by atomic mass is 35.5. The summed E-state index contributed by atoms with van der Waals surface area (Å²) in [5, 5.41) is 15.0. The molecule has 1 saturated carbocycles. The van der Waals surface area contributed by atoms with Crippen molar-refractivity contribution in [2.24, 2.45) is 11.8 Å². The van der Waals surface area contributed by atoms with E-state index in [0.29, 0.717) is 45.7 Å². The van der Waals surface area contributed by atoms with Crippen molar-refractivity contribution in [3.8, 4) is 16.8 Å². The molecule has 1 unspecified atom stereocenters. The van der Waals surface area contributed by atoms with E-state index in [1.807, 2.05) is 11.1 Å². The number of nitrogens with zero attached hydrogens (tertiary/aromatic N) is 3. The zero-order valence-electron chi connectivity index (χ0n) is 12.4. The number of amides is 1. The van der Waals surface area contributed by atoms with E-state index >= 15 is 0 Å². The molecular formula is C16H12Cl2N4OS. The molecule has 2 heterocycles. The second-order valence-corrected chi connectivity index (χ2v) is 7.68. The molecule has 1 aromatic heterocycles.